The Bertz CT molecular complexity index is 6580. The molecule has 0 bridgehead atoms. The monoisotopic (exact) mass is 1540 g/mol. The highest BCUT2D eigenvalue weighted by Crippen LogP contribution is 2.41. The average Bonchev–Trinajstić information content (AvgIpc) is 1.62. The van der Waals surface area contributed by atoms with Gasteiger partial charge >= 0.3 is 0 Å². The molecule has 28 heteroatoms. The number of fused-ring (bicyclic) bond motifs is 9. The minimum atomic E-state index is 0.0751. The van der Waals surface area contributed by atoms with E-state index in [1.807, 2.05) is 118 Å². The van der Waals surface area contributed by atoms with Gasteiger partial charge in [-0.3, -0.25) is 32.0 Å². The van der Waals surface area contributed by atoms with Crippen LogP contribution in [0.2, 0.25) is 0 Å². The van der Waals surface area contributed by atoms with Crippen LogP contribution in [0.1, 0.15) is 116 Å². The summed E-state index contributed by atoms with van der Waals surface area (Å²) >= 11 is 0. The first-order valence-corrected chi connectivity index (χ1v) is 39.7. The van der Waals surface area contributed by atoms with Crippen LogP contribution >= 0.6 is 0 Å². The lowest BCUT2D eigenvalue weighted by molar-refractivity contribution is -0.129. The molecule has 4 aliphatic heterocycles. The lowest BCUT2D eigenvalue weighted by Gasteiger charge is -2.31. The summed E-state index contributed by atoms with van der Waals surface area (Å²) in [5, 5.41) is 8.96. The van der Waals surface area contributed by atoms with Crippen molar-refractivity contribution in [1.82, 2.24) is 102 Å². The third-order valence-electron chi connectivity index (χ3n) is 23.6. The molecule has 116 heavy (non-hydrogen) atoms. The summed E-state index contributed by atoms with van der Waals surface area (Å²) in [7, 11) is 0. The van der Waals surface area contributed by atoms with Gasteiger partial charge in [0.05, 0.1) is 28.3 Å². The maximum atomic E-state index is 13.3. The molecule has 0 atom stereocenters. The van der Waals surface area contributed by atoms with E-state index in [1.54, 1.807) is 31.7 Å². The van der Waals surface area contributed by atoms with Gasteiger partial charge in [-0.2, -0.15) is 0 Å². The fraction of sp³-hybridized carbons (Fsp3) is 0.239. The van der Waals surface area contributed by atoms with E-state index in [4.69, 9.17) is 42.9 Å². The van der Waals surface area contributed by atoms with E-state index in [9.17, 15) is 14.4 Å². The van der Waals surface area contributed by atoms with Crippen LogP contribution in [0.4, 0.5) is 23.3 Å². The Kier molecular flexibility index (Phi) is 18.9. The lowest BCUT2D eigenvalue weighted by Crippen LogP contribution is -2.38. The topological polar surface area (TPSA) is 377 Å². The SMILES string of the molecule is CC(=O)N1CCC(c2nc(-c3cc4ccccc4[nH]3)c3c(N)nccn23)CC1.Nc1nccn2c(C3CCN(C(=O)c4c[nH]c5ccccc45)CC3)nc(-c3cc4ccccc4[nH]3)c12.Nc1nccn2c(C3CCN(C=O)CC3)nc(-c3cc4ccccc4[nH]3)c12.Nc1nccn2c(C3CCNCC3)nc(-c3cc4ccccc4[nH]3)c12. The van der Waals surface area contributed by atoms with Crippen LogP contribution in [-0.4, -0.2) is 168 Å². The second-order valence-electron chi connectivity index (χ2n) is 30.5. The summed E-state index contributed by atoms with van der Waals surface area (Å²) in [5.41, 5.74) is 41.6. The third kappa shape index (κ3) is 13.4. The van der Waals surface area contributed by atoms with E-state index in [-0.39, 0.29) is 29.6 Å². The summed E-state index contributed by atoms with van der Waals surface area (Å²) in [6, 6.07) is 49.1. The van der Waals surface area contributed by atoms with Crippen molar-refractivity contribution in [2.24, 2.45) is 0 Å². The first-order chi connectivity index (χ1) is 56.8. The molecular formula is C88H87N25O3. The second-order valence-corrected chi connectivity index (χ2v) is 30.5. The molecule has 17 heterocycles. The zero-order chi connectivity index (χ0) is 78.7. The Balaban J connectivity index is 0.000000104. The number of para-hydroxylation sites is 5. The number of aromatic amines is 5. The fourth-order valence-electron chi connectivity index (χ4n) is 17.6. The van der Waals surface area contributed by atoms with Gasteiger partial charge < -0.3 is 67.9 Å². The van der Waals surface area contributed by atoms with Crippen molar-refractivity contribution in [3.63, 3.8) is 0 Å². The number of carbonyl (C=O) groups is 3. The Morgan fingerprint density at radius 1 is 0.397 bits per heavy atom. The van der Waals surface area contributed by atoms with Gasteiger partial charge in [0.15, 0.2) is 0 Å². The Hall–Kier alpha value is -14.2. The number of anilines is 4. The van der Waals surface area contributed by atoms with Crippen LogP contribution in [0.3, 0.4) is 0 Å². The van der Waals surface area contributed by atoms with Crippen molar-refractivity contribution in [2.45, 2.75) is 82.0 Å². The second kappa shape index (κ2) is 30.4. The number of nitrogens with one attached hydrogen (secondary N) is 6. The van der Waals surface area contributed by atoms with E-state index in [2.05, 4.69) is 141 Å². The summed E-state index contributed by atoms with van der Waals surface area (Å²) < 4.78 is 8.33. The third-order valence-corrected chi connectivity index (χ3v) is 23.6. The molecule has 18 aromatic rings. The number of rotatable bonds is 10. The van der Waals surface area contributed by atoms with Crippen LogP contribution in [0.5, 0.6) is 0 Å². The van der Waals surface area contributed by atoms with Gasteiger partial charge in [0.1, 0.15) is 91.4 Å². The molecular weight excluding hydrogens is 1460 g/mol. The minimum Gasteiger partial charge on any atom is -0.382 e. The smallest absolute Gasteiger partial charge is 0.256 e. The highest BCUT2D eigenvalue weighted by Gasteiger charge is 2.33. The molecule has 582 valence electrons. The number of nitrogens with zero attached hydrogens (tertiary/aromatic N) is 15. The number of benzene rings is 5. The molecule has 28 nitrogen and oxygen atoms in total. The number of piperidine rings is 4. The van der Waals surface area contributed by atoms with Crippen molar-refractivity contribution >= 4 is 118 Å². The number of hydrogen-bond donors (Lipinski definition) is 10. The molecule has 5 aromatic carbocycles. The number of amides is 3. The van der Waals surface area contributed by atoms with Gasteiger partial charge in [0.25, 0.3) is 5.91 Å². The molecule has 13 aromatic heterocycles. The zero-order valence-corrected chi connectivity index (χ0v) is 64.0. The summed E-state index contributed by atoms with van der Waals surface area (Å²) in [4.78, 5) is 96.1. The van der Waals surface area contributed by atoms with Crippen LogP contribution < -0.4 is 28.3 Å². The quantitative estimate of drug-likeness (QED) is 0.0569. The molecule has 4 aliphatic rings. The highest BCUT2D eigenvalue weighted by atomic mass is 16.2. The number of H-pyrrole nitrogens is 5. The average molecular weight is 1540 g/mol. The predicted octanol–water partition coefficient (Wildman–Crippen LogP) is 13.9. The van der Waals surface area contributed by atoms with Crippen LogP contribution in [0.25, 0.3) is 122 Å². The Morgan fingerprint density at radius 3 is 1.04 bits per heavy atom. The minimum absolute atomic E-state index is 0.0751. The van der Waals surface area contributed by atoms with E-state index < -0.39 is 0 Å². The van der Waals surface area contributed by atoms with E-state index >= 15 is 0 Å². The number of carbonyl (C=O) groups excluding carboxylic acids is 3. The van der Waals surface area contributed by atoms with Crippen molar-refractivity contribution < 1.29 is 14.4 Å². The number of nitrogen functional groups attached to an aromatic ring is 4. The largest absolute Gasteiger partial charge is 0.382 e. The van der Waals surface area contributed by atoms with Gasteiger partial charge in [0.2, 0.25) is 12.3 Å². The number of aromatic nitrogens is 17. The first kappa shape index (κ1) is 72.1. The van der Waals surface area contributed by atoms with Crippen molar-refractivity contribution in [3.05, 3.63) is 230 Å². The normalized spacial score (nSPS) is 15.4. The van der Waals surface area contributed by atoms with Crippen LogP contribution in [0.15, 0.2) is 201 Å². The van der Waals surface area contributed by atoms with Gasteiger partial charge in [-0.1, -0.05) is 91.0 Å². The maximum absolute atomic E-state index is 13.3. The Labute approximate surface area is 664 Å². The zero-order valence-electron chi connectivity index (χ0n) is 64.0. The standard InChI is InChI=1S/C28H25N7O.C21H22N6O.C20H20N6O.C19H20N6/c29-26-25-24(23-15-18-5-1-3-7-21(18)32-23)33-27(35(25)14-11-30-26)17-9-12-34(13-10-17)28(36)20-16-31-22-8-4-2-6-19(20)22;1-13(28)26-9-6-14(7-10-26)21-25-18(19-20(22)23-8-11-27(19)21)17-12-15-4-2-3-5-16(15)24-17;21-19-18-17(16-11-14-3-1-2-4-15(14)23-16)24-20(26(18)10-7-22-19)13-5-8-25(12-27)9-6-13;20-18-17-16(15-11-13-3-1-2-4-14(13)23-15)24-19(25(17)10-9-22-18)12-5-7-21-8-6-12/h1-8,11,14-17,31-32H,9-10,12-13H2,(H2,29,30);2-5,8,11-12,14,24H,6-7,9-10H2,1H3,(H2,22,23);1-4,7,10-13,23H,5-6,8-9H2,(H2,21,22);1-4,9-12,21,23H,5-8H2,(H2,20,22). The van der Waals surface area contributed by atoms with Crippen LogP contribution in [-0.2, 0) is 9.59 Å². The summed E-state index contributed by atoms with van der Waals surface area (Å²) in [6.07, 6.45) is 24.8. The van der Waals surface area contributed by atoms with Gasteiger partial charge in [-0.05, 0) is 119 Å². The molecule has 3 amide bonds. The van der Waals surface area contributed by atoms with Crippen molar-refractivity contribution in [2.75, 3.05) is 75.3 Å². The highest BCUT2D eigenvalue weighted by molar-refractivity contribution is 6.07. The van der Waals surface area contributed by atoms with Gasteiger partial charge in [-0.25, -0.2) is 39.9 Å². The van der Waals surface area contributed by atoms with Crippen molar-refractivity contribution in [1.29, 1.82) is 0 Å². The van der Waals surface area contributed by atoms with E-state index in [0.29, 0.717) is 42.3 Å². The van der Waals surface area contributed by atoms with E-state index in [1.165, 1.54) is 5.39 Å². The van der Waals surface area contributed by atoms with Crippen molar-refractivity contribution in [3.8, 4) is 45.6 Å². The number of hydrogen-bond acceptors (Lipinski definition) is 16. The molecule has 0 aliphatic carbocycles. The number of nitrogens with two attached hydrogens (primary N) is 4. The maximum Gasteiger partial charge on any atom is 0.256 e. The molecule has 0 radical (unpaired) electrons. The molecule has 22 rings (SSSR count). The number of likely N-dealkylation sites (tertiary alicyclic amines) is 3. The summed E-state index contributed by atoms with van der Waals surface area (Å²) in [5.74, 6) is 7.36. The molecule has 4 fully saturated rings. The summed E-state index contributed by atoms with van der Waals surface area (Å²) in [6.45, 7) is 8.08. The fourth-order valence-corrected chi connectivity index (χ4v) is 17.6. The molecule has 4 saturated heterocycles. The molecule has 14 N–H and O–H groups in total. The Morgan fingerprint density at radius 2 is 0.707 bits per heavy atom. The van der Waals surface area contributed by atoms with Gasteiger partial charge in [0, 0.05) is 180 Å². The molecule has 0 unspecified atom stereocenters. The number of imidazole rings is 4. The molecule has 0 saturated carbocycles. The van der Waals surface area contributed by atoms with E-state index in [0.717, 1.165) is 243 Å². The molecule has 0 spiro atoms. The predicted molar refractivity (Wildman–Crippen MR) is 454 cm³/mol. The first-order valence-electron chi connectivity index (χ1n) is 39.7. The lowest BCUT2D eigenvalue weighted by atomic mass is 9.95. The van der Waals surface area contributed by atoms with Gasteiger partial charge in [-0.15, -0.1) is 0 Å². The van der Waals surface area contributed by atoms with Crippen LogP contribution in [0, 0.1) is 0 Å².